The van der Waals surface area contributed by atoms with Gasteiger partial charge in [0, 0.05) is 26.3 Å². The van der Waals surface area contributed by atoms with E-state index in [1.54, 1.807) is 10.9 Å². The second kappa shape index (κ2) is 5.97. The van der Waals surface area contributed by atoms with Gasteiger partial charge in [0.2, 0.25) is 5.91 Å². The van der Waals surface area contributed by atoms with Crippen LogP contribution in [0.1, 0.15) is 18.4 Å². The van der Waals surface area contributed by atoms with Gasteiger partial charge in [0.25, 0.3) is 0 Å². The lowest BCUT2D eigenvalue weighted by Gasteiger charge is -2.28. The van der Waals surface area contributed by atoms with Crippen molar-refractivity contribution in [3.63, 3.8) is 0 Å². The number of hydrogen-bond acceptors (Lipinski definition) is 4. The van der Waals surface area contributed by atoms with E-state index in [1.807, 2.05) is 13.2 Å². The van der Waals surface area contributed by atoms with E-state index in [2.05, 4.69) is 10.4 Å². The molecular formula is C12H19N3O3. The summed E-state index contributed by atoms with van der Waals surface area (Å²) in [6, 6.07) is -0.180. The van der Waals surface area contributed by atoms with E-state index in [9.17, 15) is 9.90 Å². The van der Waals surface area contributed by atoms with Crippen LogP contribution in [0.15, 0.2) is 12.4 Å². The van der Waals surface area contributed by atoms with E-state index in [4.69, 9.17) is 4.74 Å². The van der Waals surface area contributed by atoms with Crippen LogP contribution in [-0.2, 0) is 23.0 Å². The van der Waals surface area contributed by atoms with Crippen LogP contribution in [0.4, 0.5) is 0 Å². The van der Waals surface area contributed by atoms with E-state index in [-0.39, 0.29) is 11.9 Å². The van der Waals surface area contributed by atoms with Gasteiger partial charge in [-0.2, -0.15) is 5.10 Å². The van der Waals surface area contributed by atoms with Crippen LogP contribution >= 0.6 is 0 Å². The minimum Gasteiger partial charge on any atom is -0.389 e. The number of ether oxygens (including phenoxy) is 1. The molecule has 2 heterocycles. The number of aryl methyl sites for hydroxylation is 2. The molecule has 18 heavy (non-hydrogen) atoms. The van der Waals surface area contributed by atoms with Gasteiger partial charge in [-0.15, -0.1) is 0 Å². The molecule has 2 N–H and O–H groups in total. The van der Waals surface area contributed by atoms with Gasteiger partial charge in [0.1, 0.15) is 0 Å². The fourth-order valence-electron chi connectivity index (χ4n) is 2.03. The Hall–Kier alpha value is -1.40. The molecule has 0 unspecified atom stereocenters. The molecule has 1 fully saturated rings. The molecule has 1 aromatic rings. The maximum Gasteiger partial charge on any atom is 0.220 e. The first kappa shape index (κ1) is 13.0. The minimum atomic E-state index is -0.596. The van der Waals surface area contributed by atoms with Gasteiger partial charge in [0.05, 0.1) is 24.9 Å². The summed E-state index contributed by atoms with van der Waals surface area (Å²) in [5, 5.41) is 16.6. The molecule has 1 aliphatic heterocycles. The Morgan fingerprint density at radius 2 is 2.56 bits per heavy atom. The molecule has 0 radical (unpaired) electrons. The summed E-state index contributed by atoms with van der Waals surface area (Å²) in [6.07, 6.45) is 4.81. The van der Waals surface area contributed by atoms with Gasteiger partial charge < -0.3 is 15.2 Å². The molecule has 0 aliphatic carbocycles. The molecule has 1 amide bonds. The van der Waals surface area contributed by atoms with Crippen molar-refractivity contribution in [2.75, 3.05) is 13.2 Å². The summed E-state index contributed by atoms with van der Waals surface area (Å²) in [5.74, 6) is -0.0372. The van der Waals surface area contributed by atoms with Gasteiger partial charge in [-0.3, -0.25) is 9.48 Å². The Labute approximate surface area is 106 Å². The maximum atomic E-state index is 11.7. The monoisotopic (exact) mass is 253 g/mol. The first-order valence-corrected chi connectivity index (χ1v) is 6.18. The standard InChI is InChI=1S/C12H19N3O3/c1-15-7-9(6-13-15)2-3-12(17)14-10-4-5-18-8-11(10)16/h6-7,10-11,16H,2-5,8H2,1H3,(H,14,17)/t10-,11-/m1/s1. The van der Waals surface area contributed by atoms with Gasteiger partial charge in [-0.1, -0.05) is 0 Å². The SMILES string of the molecule is Cn1cc(CCC(=O)N[C@@H]2CCOC[C@H]2O)cn1. The molecule has 0 aromatic carbocycles. The molecule has 0 spiro atoms. The summed E-state index contributed by atoms with van der Waals surface area (Å²) >= 11 is 0. The first-order valence-electron chi connectivity index (χ1n) is 6.18. The minimum absolute atomic E-state index is 0.0372. The largest absolute Gasteiger partial charge is 0.389 e. The van der Waals surface area contributed by atoms with Gasteiger partial charge in [-0.25, -0.2) is 0 Å². The lowest BCUT2D eigenvalue weighted by atomic mass is 10.1. The van der Waals surface area contributed by atoms with Crippen molar-refractivity contribution in [2.24, 2.45) is 7.05 Å². The quantitative estimate of drug-likeness (QED) is 0.767. The van der Waals surface area contributed by atoms with Crippen molar-refractivity contribution in [2.45, 2.75) is 31.4 Å². The van der Waals surface area contributed by atoms with Crippen LogP contribution in [0.2, 0.25) is 0 Å². The van der Waals surface area contributed by atoms with Crippen molar-refractivity contribution in [3.8, 4) is 0 Å². The third kappa shape index (κ3) is 3.54. The fraction of sp³-hybridized carbons (Fsp3) is 0.667. The number of aliphatic hydroxyl groups is 1. The lowest BCUT2D eigenvalue weighted by Crippen LogP contribution is -2.48. The molecule has 1 aromatic heterocycles. The molecular weight excluding hydrogens is 234 g/mol. The zero-order chi connectivity index (χ0) is 13.0. The number of amides is 1. The molecule has 100 valence electrons. The van der Waals surface area contributed by atoms with Gasteiger partial charge in [-0.05, 0) is 18.4 Å². The number of aromatic nitrogens is 2. The summed E-state index contributed by atoms with van der Waals surface area (Å²) in [4.78, 5) is 11.7. The second-order valence-corrected chi connectivity index (χ2v) is 4.63. The molecule has 1 aliphatic rings. The van der Waals surface area contributed by atoms with Crippen molar-refractivity contribution < 1.29 is 14.6 Å². The summed E-state index contributed by atoms with van der Waals surface area (Å²) in [5.41, 5.74) is 1.04. The Balaban J connectivity index is 1.74. The fourth-order valence-corrected chi connectivity index (χ4v) is 2.03. The number of nitrogens with zero attached hydrogens (tertiary/aromatic N) is 2. The van der Waals surface area contributed by atoms with E-state index in [0.29, 0.717) is 32.5 Å². The first-order chi connectivity index (χ1) is 8.65. The third-order valence-corrected chi connectivity index (χ3v) is 3.07. The molecule has 0 saturated carbocycles. The number of aliphatic hydroxyl groups excluding tert-OH is 1. The van der Waals surface area contributed by atoms with Crippen molar-refractivity contribution >= 4 is 5.91 Å². The van der Waals surface area contributed by atoms with Crippen molar-refractivity contribution in [1.29, 1.82) is 0 Å². The van der Waals surface area contributed by atoms with Crippen LogP contribution in [-0.4, -0.2) is 46.2 Å². The van der Waals surface area contributed by atoms with Gasteiger partial charge in [0.15, 0.2) is 0 Å². The predicted octanol–water partition coefficient (Wildman–Crippen LogP) is -0.381. The highest BCUT2D eigenvalue weighted by molar-refractivity contribution is 5.76. The predicted molar refractivity (Wildman–Crippen MR) is 64.9 cm³/mol. The van der Waals surface area contributed by atoms with Crippen molar-refractivity contribution in [3.05, 3.63) is 18.0 Å². The number of carbonyl (C=O) groups is 1. The van der Waals surface area contributed by atoms with Gasteiger partial charge >= 0.3 is 0 Å². The van der Waals surface area contributed by atoms with Crippen LogP contribution in [0.3, 0.4) is 0 Å². The Morgan fingerprint density at radius 3 is 3.22 bits per heavy atom. The molecule has 0 bridgehead atoms. The molecule has 6 heteroatoms. The average molecular weight is 253 g/mol. The number of hydrogen-bond donors (Lipinski definition) is 2. The second-order valence-electron chi connectivity index (χ2n) is 4.63. The summed E-state index contributed by atoms with van der Waals surface area (Å²) < 4.78 is 6.83. The van der Waals surface area contributed by atoms with E-state index < -0.39 is 6.10 Å². The molecule has 1 saturated heterocycles. The van der Waals surface area contributed by atoms with E-state index in [1.165, 1.54) is 0 Å². The van der Waals surface area contributed by atoms with Crippen LogP contribution in [0.5, 0.6) is 0 Å². The average Bonchev–Trinajstić information content (AvgIpc) is 2.76. The number of carbonyl (C=O) groups excluding carboxylic acids is 1. The summed E-state index contributed by atoms with van der Waals surface area (Å²) in [7, 11) is 1.85. The lowest BCUT2D eigenvalue weighted by molar-refractivity contribution is -0.124. The van der Waals surface area contributed by atoms with Crippen LogP contribution in [0, 0.1) is 0 Å². The number of rotatable bonds is 4. The Bertz CT molecular complexity index is 405. The van der Waals surface area contributed by atoms with E-state index >= 15 is 0 Å². The number of nitrogens with one attached hydrogen (secondary N) is 1. The van der Waals surface area contributed by atoms with E-state index in [0.717, 1.165) is 5.56 Å². The van der Waals surface area contributed by atoms with Crippen LogP contribution in [0.25, 0.3) is 0 Å². The Kier molecular flexibility index (Phi) is 4.33. The molecule has 6 nitrogen and oxygen atoms in total. The molecule has 2 rings (SSSR count). The Morgan fingerprint density at radius 1 is 1.72 bits per heavy atom. The maximum absolute atomic E-state index is 11.7. The highest BCUT2D eigenvalue weighted by atomic mass is 16.5. The smallest absolute Gasteiger partial charge is 0.220 e. The van der Waals surface area contributed by atoms with Crippen molar-refractivity contribution in [1.82, 2.24) is 15.1 Å². The normalized spacial score (nSPS) is 23.9. The summed E-state index contributed by atoms with van der Waals surface area (Å²) in [6.45, 7) is 0.887. The van der Waals surface area contributed by atoms with Crippen LogP contribution < -0.4 is 5.32 Å². The molecule has 2 atom stereocenters. The highest BCUT2D eigenvalue weighted by Gasteiger charge is 2.24. The zero-order valence-electron chi connectivity index (χ0n) is 10.5. The topological polar surface area (TPSA) is 76.4 Å². The highest BCUT2D eigenvalue weighted by Crippen LogP contribution is 2.08. The third-order valence-electron chi connectivity index (χ3n) is 3.07. The zero-order valence-corrected chi connectivity index (χ0v) is 10.5.